The predicted octanol–water partition coefficient (Wildman–Crippen LogP) is 2.84. The van der Waals surface area contributed by atoms with Crippen molar-refractivity contribution in [3.63, 3.8) is 0 Å². The number of methoxy groups -OCH3 is 1. The van der Waals surface area contributed by atoms with Crippen LogP contribution in [0.25, 0.3) is 22.5 Å². The van der Waals surface area contributed by atoms with Gasteiger partial charge in [-0.2, -0.15) is 0 Å². The number of aliphatic hydroxyl groups is 1. The summed E-state index contributed by atoms with van der Waals surface area (Å²) in [5.74, 6) is -5.78. The summed E-state index contributed by atoms with van der Waals surface area (Å²) in [6.07, 6.45) is -1.37. The maximum absolute atomic E-state index is 14.1. The van der Waals surface area contributed by atoms with E-state index in [1.165, 1.54) is 48.7 Å². The summed E-state index contributed by atoms with van der Waals surface area (Å²) >= 11 is 1.15. The van der Waals surface area contributed by atoms with Gasteiger partial charge < -0.3 is 33.9 Å². The second-order valence-electron chi connectivity index (χ2n) is 11.9. The number of halogens is 3. The fourth-order valence-corrected chi connectivity index (χ4v) is 7.49. The molecule has 2 aromatic carbocycles. The number of nitrogens with zero attached hydrogens (tertiary/aromatic N) is 6. The van der Waals surface area contributed by atoms with E-state index in [-0.39, 0.29) is 36.8 Å². The van der Waals surface area contributed by atoms with Gasteiger partial charge in [-0.15, -0.1) is 22.0 Å². The van der Waals surface area contributed by atoms with Crippen molar-refractivity contribution in [2.45, 2.75) is 61.0 Å². The van der Waals surface area contributed by atoms with Gasteiger partial charge in [0.05, 0.1) is 37.0 Å². The fraction of sp³-hybridized carbons (Fsp3) is 0.438. The number of aromatic hydroxyl groups is 1. The Morgan fingerprint density at radius 1 is 0.961 bits per heavy atom. The number of hydrogen-bond acceptors (Lipinski definition) is 14. The zero-order valence-electron chi connectivity index (χ0n) is 27.3. The molecule has 0 aliphatic carbocycles. The van der Waals surface area contributed by atoms with Gasteiger partial charge in [-0.05, 0) is 24.3 Å². The SMILES string of the molecule is CO[C@@H]1[C@@H](n2cc(-c3cc(F)c(F)c(F)c3)nn2)[C@@H](OC(C)=O)[C@@H](COC(C)=O)O[C@H]1S[C@@H]1COC[C@H](n2cc(-c3cccc(O)c3)nn2)[C@H]1O. The molecule has 15 nitrogen and oxygen atoms in total. The van der Waals surface area contributed by atoms with Crippen LogP contribution < -0.4 is 0 Å². The molecule has 0 amide bonds. The van der Waals surface area contributed by atoms with Crippen LogP contribution in [0.15, 0.2) is 48.8 Å². The van der Waals surface area contributed by atoms with E-state index in [0.29, 0.717) is 11.3 Å². The Hall–Kier alpha value is -4.56. The van der Waals surface area contributed by atoms with Crippen LogP contribution in [0.1, 0.15) is 25.9 Å². The zero-order chi connectivity index (χ0) is 36.4. The number of aromatic nitrogens is 6. The number of thioether (sulfide) groups is 1. The average Bonchev–Trinajstić information content (AvgIpc) is 3.78. The minimum absolute atomic E-state index is 0.0340. The normalized spacial score (nSPS) is 26.5. The first-order valence-corrected chi connectivity index (χ1v) is 16.6. The van der Waals surface area contributed by atoms with Crippen LogP contribution in [0.4, 0.5) is 13.2 Å². The van der Waals surface area contributed by atoms with Crippen molar-refractivity contribution in [1.82, 2.24) is 30.0 Å². The third-order valence-corrected chi connectivity index (χ3v) is 9.80. The van der Waals surface area contributed by atoms with Crippen LogP contribution in [0.3, 0.4) is 0 Å². The molecule has 4 aromatic rings. The Bertz CT molecular complexity index is 1860. The number of carbonyl (C=O) groups excluding carboxylic acids is 2. The number of esters is 2. The molecule has 51 heavy (non-hydrogen) atoms. The molecule has 0 unspecified atom stereocenters. The lowest BCUT2D eigenvalue weighted by Crippen LogP contribution is -2.58. The topological polar surface area (TPSA) is 182 Å². The quantitative estimate of drug-likeness (QED) is 0.179. The van der Waals surface area contributed by atoms with Crippen LogP contribution in [-0.2, 0) is 33.3 Å². The molecule has 6 rings (SSSR count). The zero-order valence-corrected chi connectivity index (χ0v) is 28.2. The van der Waals surface area contributed by atoms with Crippen molar-refractivity contribution in [1.29, 1.82) is 0 Å². The number of ether oxygens (including phenoxy) is 5. The van der Waals surface area contributed by atoms with Crippen molar-refractivity contribution in [3.05, 3.63) is 66.2 Å². The number of hydrogen-bond donors (Lipinski definition) is 2. The van der Waals surface area contributed by atoms with Gasteiger partial charge in [0.15, 0.2) is 23.6 Å². The Balaban J connectivity index is 1.30. The van der Waals surface area contributed by atoms with Crippen LogP contribution in [-0.4, -0.2) is 114 Å². The smallest absolute Gasteiger partial charge is 0.303 e. The van der Waals surface area contributed by atoms with E-state index < -0.39 is 76.6 Å². The highest BCUT2D eigenvalue weighted by Crippen LogP contribution is 2.42. The maximum atomic E-state index is 14.1. The summed E-state index contributed by atoms with van der Waals surface area (Å²) in [6, 6.07) is 6.31. The molecule has 2 aromatic heterocycles. The number of carbonyl (C=O) groups is 2. The molecular weight excluding hydrogens is 701 g/mol. The van der Waals surface area contributed by atoms with Gasteiger partial charge >= 0.3 is 11.9 Å². The Kier molecular flexibility index (Phi) is 10.9. The van der Waals surface area contributed by atoms with E-state index in [4.69, 9.17) is 23.7 Å². The van der Waals surface area contributed by atoms with Crippen molar-refractivity contribution in [3.8, 4) is 28.3 Å². The van der Waals surface area contributed by atoms with E-state index in [1.807, 2.05) is 0 Å². The van der Waals surface area contributed by atoms with Gasteiger partial charge in [-0.25, -0.2) is 22.5 Å². The van der Waals surface area contributed by atoms with Crippen LogP contribution in [0, 0.1) is 17.5 Å². The Labute approximate surface area is 292 Å². The number of aliphatic hydroxyl groups excluding tert-OH is 1. The summed E-state index contributed by atoms with van der Waals surface area (Å²) in [6.45, 7) is 2.22. The second-order valence-corrected chi connectivity index (χ2v) is 13.2. The standard InChI is InChI=1S/C32H33F3N6O9S/c1-15(42)48-13-25-30(49-16(2)43)28(41-11-23(37-39-41)18-8-20(33)27(35)21(34)9-18)31(46-3)32(50-25)51-26-14-47-12-24(29(26)45)40-10-22(36-38-40)17-5-4-6-19(44)7-17/h4-11,24-26,28-32,44-45H,12-14H2,1-3H3/t24-,25+,26+,28-,29+,30-,31+,32-/m0/s1. The molecule has 2 N–H and O–H groups in total. The summed E-state index contributed by atoms with van der Waals surface area (Å²) in [7, 11) is 1.38. The lowest BCUT2D eigenvalue weighted by Gasteiger charge is -2.46. The van der Waals surface area contributed by atoms with Gasteiger partial charge in [-0.3, -0.25) is 9.59 Å². The molecule has 2 aliphatic heterocycles. The third-order valence-electron chi connectivity index (χ3n) is 8.38. The highest BCUT2D eigenvalue weighted by atomic mass is 32.2. The molecule has 272 valence electrons. The summed E-state index contributed by atoms with van der Waals surface area (Å²) < 4.78 is 73.7. The van der Waals surface area contributed by atoms with Crippen LogP contribution >= 0.6 is 11.8 Å². The van der Waals surface area contributed by atoms with E-state index in [2.05, 4.69) is 20.6 Å². The molecule has 0 radical (unpaired) electrons. The molecule has 2 fully saturated rings. The molecule has 8 atom stereocenters. The van der Waals surface area contributed by atoms with E-state index in [0.717, 1.165) is 23.9 Å². The summed E-state index contributed by atoms with van der Waals surface area (Å²) in [5.41, 5.74) is -0.00220. The molecule has 19 heteroatoms. The van der Waals surface area contributed by atoms with Gasteiger partial charge in [0.25, 0.3) is 0 Å². The molecule has 2 aliphatic rings. The molecule has 0 bridgehead atoms. The average molecular weight is 735 g/mol. The van der Waals surface area contributed by atoms with E-state index >= 15 is 0 Å². The van der Waals surface area contributed by atoms with Gasteiger partial charge in [0.2, 0.25) is 0 Å². The lowest BCUT2D eigenvalue weighted by atomic mass is 9.96. The van der Waals surface area contributed by atoms with Gasteiger partial charge in [0, 0.05) is 32.1 Å². The van der Waals surface area contributed by atoms with Crippen molar-refractivity contribution in [2.75, 3.05) is 26.9 Å². The van der Waals surface area contributed by atoms with Crippen molar-refractivity contribution < 1.29 is 56.7 Å². The first-order chi connectivity index (χ1) is 24.4. The van der Waals surface area contributed by atoms with E-state index in [1.54, 1.807) is 18.3 Å². The second kappa shape index (κ2) is 15.4. The number of phenolic OH excluding ortho intramolecular Hbond substituents is 1. The number of benzene rings is 2. The minimum Gasteiger partial charge on any atom is -0.508 e. The first kappa shape index (κ1) is 36.2. The number of rotatable bonds is 10. The maximum Gasteiger partial charge on any atom is 0.303 e. The van der Waals surface area contributed by atoms with Gasteiger partial charge in [0.1, 0.15) is 53.5 Å². The Morgan fingerprint density at radius 2 is 1.65 bits per heavy atom. The van der Waals surface area contributed by atoms with Gasteiger partial charge in [-0.1, -0.05) is 22.6 Å². The molecule has 0 saturated carbocycles. The fourth-order valence-electron chi connectivity index (χ4n) is 6.00. The van der Waals surface area contributed by atoms with Crippen LogP contribution in [0.5, 0.6) is 5.75 Å². The summed E-state index contributed by atoms with van der Waals surface area (Å²) in [5, 5.41) is 37.4. The third kappa shape index (κ3) is 7.86. The molecule has 4 heterocycles. The highest BCUT2D eigenvalue weighted by molar-refractivity contribution is 8.00. The van der Waals surface area contributed by atoms with E-state index in [9.17, 15) is 33.0 Å². The molecular formula is C32H33F3N6O9S. The lowest BCUT2D eigenvalue weighted by molar-refractivity contribution is -0.208. The monoisotopic (exact) mass is 734 g/mol. The first-order valence-electron chi connectivity index (χ1n) is 15.6. The summed E-state index contributed by atoms with van der Waals surface area (Å²) in [4.78, 5) is 24.2. The Morgan fingerprint density at radius 3 is 2.31 bits per heavy atom. The van der Waals surface area contributed by atoms with Crippen LogP contribution in [0.2, 0.25) is 0 Å². The predicted molar refractivity (Wildman–Crippen MR) is 170 cm³/mol. The minimum atomic E-state index is -1.64. The molecule has 0 spiro atoms. The van der Waals surface area contributed by atoms with Crippen molar-refractivity contribution >= 4 is 23.7 Å². The van der Waals surface area contributed by atoms with Crippen molar-refractivity contribution in [2.24, 2.45) is 0 Å². The molecule has 2 saturated heterocycles. The highest BCUT2D eigenvalue weighted by Gasteiger charge is 2.52. The number of phenols is 1. The largest absolute Gasteiger partial charge is 0.508 e.